The SMILES string of the molecule is CC1CCCc2cc3c([o+]c21)C(C)CCC3. The molecule has 3 rings (SSSR count). The summed E-state index contributed by atoms with van der Waals surface area (Å²) in [6.45, 7) is 4.61. The molecule has 2 atom stereocenters. The van der Waals surface area contributed by atoms with Crippen molar-refractivity contribution in [3.05, 3.63) is 28.7 Å². The van der Waals surface area contributed by atoms with Crippen LogP contribution < -0.4 is 0 Å². The van der Waals surface area contributed by atoms with Crippen molar-refractivity contribution in [3.8, 4) is 0 Å². The summed E-state index contributed by atoms with van der Waals surface area (Å²) in [7, 11) is 0. The number of hydrogen-bond donors (Lipinski definition) is 0. The molecule has 1 heteroatoms. The average molecular weight is 217 g/mol. The zero-order valence-electron chi connectivity index (χ0n) is 10.4. The summed E-state index contributed by atoms with van der Waals surface area (Å²) in [6.07, 6.45) is 7.71. The lowest BCUT2D eigenvalue weighted by Crippen LogP contribution is -2.13. The maximum Gasteiger partial charge on any atom is 0.335 e. The van der Waals surface area contributed by atoms with Crippen molar-refractivity contribution in [2.24, 2.45) is 0 Å². The Morgan fingerprint density at radius 2 is 1.44 bits per heavy atom. The number of aryl methyl sites for hydroxylation is 2. The molecule has 1 aromatic heterocycles. The van der Waals surface area contributed by atoms with Gasteiger partial charge < -0.3 is 0 Å². The fraction of sp³-hybridized carbons (Fsp3) is 0.667. The quantitative estimate of drug-likeness (QED) is 0.585. The maximum atomic E-state index is 6.25. The summed E-state index contributed by atoms with van der Waals surface area (Å²) in [5.41, 5.74) is 2.98. The molecular formula is C15H21O+. The molecular weight excluding hydrogens is 196 g/mol. The maximum absolute atomic E-state index is 6.25. The molecule has 1 heterocycles. The predicted molar refractivity (Wildman–Crippen MR) is 65.8 cm³/mol. The number of rotatable bonds is 0. The van der Waals surface area contributed by atoms with Gasteiger partial charge in [0.05, 0.1) is 23.0 Å². The topological polar surface area (TPSA) is 11.3 Å². The first kappa shape index (κ1) is 10.3. The summed E-state index contributed by atoms with van der Waals surface area (Å²) in [5, 5.41) is 0. The van der Waals surface area contributed by atoms with E-state index in [1.54, 1.807) is 0 Å². The van der Waals surface area contributed by atoms with Gasteiger partial charge in [0.25, 0.3) is 0 Å². The van der Waals surface area contributed by atoms with Crippen LogP contribution in [-0.2, 0) is 12.8 Å². The fourth-order valence-electron chi connectivity index (χ4n) is 3.29. The van der Waals surface area contributed by atoms with Crippen LogP contribution in [0, 0.1) is 0 Å². The minimum Gasteiger partial charge on any atom is -0.217 e. The Kier molecular flexibility index (Phi) is 2.49. The zero-order chi connectivity index (χ0) is 11.1. The summed E-state index contributed by atoms with van der Waals surface area (Å²) in [5.74, 6) is 3.84. The molecule has 1 aromatic rings. The van der Waals surface area contributed by atoms with Crippen molar-refractivity contribution in [2.45, 2.75) is 64.2 Å². The highest BCUT2D eigenvalue weighted by atomic mass is 16.3. The van der Waals surface area contributed by atoms with E-state index in [2.05, 4.69) is 19.9 Å². The van der Waals surface area contributed by atoms with Crippen LogP contribution in [0.5, 0.6) is 0 Å². The van der Waals surface area contributed by atoms with Crippen LogP contribution in [0.25, 0.3) is 0 Å². The number of fused-ring (bicyclic) bond motifs is 2. The molecule has 0 amide bonds. The molecule has 0 spiro atoms. The van der Waals surface area contributed by atoms with Crippen molar-refractivity contribution in [3.63, 3.8) is 0 Å². The molecule has 0 aliphatic heterocycles. The number of hydrogen-bond acceptors (Lipinski definition) is 0. The van der Waals surface area contributed by atoms with Crippen LogP contribution in [0.3, 0.4) is 0 Å². The van der Waals surface area contributed by atoms with Gasteiger partial charge in [-0.05, 0) is 58.4 Å². The van der Waals surface area contributed by atoms with E-state index in [0.29, 0.717) is 11.8 Å². The first-order valence-electron chi connectivity index (χ1n) is 6.74. The molecule has 0 N–H and O–H groups in total. The molecule has 0 bridgehead atoms. The smallest absolute Gasteiger partial charge is 0.217 e. The van der Waals surface area contributed by atoms with Crippen molar-refractivity contribution in [1.29, 1.82) is 0 Å². The van der Waals surface area contributed by atoms with Gasteiger partial charge in [-0.1, -0.05) is 0 Å². The lowest BCUT2D eigenvalue weighted by atomic mass is 9.84. The third-order valence-electron chi connectivity index (χ3n) is 4.26. The van der Waals surface area contributed by atoms with Crippen molar-refractivity contribution >= 4 is 0 Å². The van der Waals surface area contributed by atoms with Gasteiger partial charge in [0.2, 0.25) is 0 Å². The van der Waals surface area contributed by atoms with Gasteiger partial charge in [0.1, 0.15) is 0 Å². The van der Waals surface area contributed by atoms with E-state index < -0.39 is 0 Å². The molecule has 0 saturated carbocycles. The van der Waals surface area contributed by atoms with E-state index in [1.165, 1.54) is 61.2 Å². The summed E-state index contributed by atoms with van der Waals surface area (Å²) < 4.78 is 6.25. The fourth-order valence-corrected chi connectivity index (χ4v) is 3.29. The van der Waals surface area contributed by atoms with E-state index >= 15 is 0 Å². The van der Waals surface area contributed by atoms with Crippen LogP contribution in [0.15, 0.2) is 10.5 Å². The van der Waals surface area contributed by atoms with Gasteiger partial charge in [-0.3, -0.25) is 0 Å². The van der Waals surface area contributed by atoms with E-state index in [-0.39, 0.29) is 0 Å². The predicted octanol–water partition coefficient (Wildman–Crippen LogP) is 4.44. The normalized spacial score (nSPS) is 28.4. The molecule has 0 fully saturated rings. The molecule has 0 radical (unpaired) electrons. The second-order valence-corrected chi connectivity index (χ2v) is 5.61. The third-order valence-corrected chi connectivity index (χ3v) is 4.26. The molecule has 1 nitrogen and oxygen atoms in total. The van der Waals surface area contributed by atoms with Crippen LogP contribution in [0.1, 0.15) is 74.0 Å². The third kappa shape index (κ3) is 1.57. The van der Waals surface area contributed by atoms with Gasteiger partial charge in [-0.2, -0.15) is 0 Å². The summed E-state index contributed by atoms with van der Waals surface area (Å²) in [6, 6.07) is 2.44. The minimum absolute atomic E-state index is 0.628. The lowest BCUT2D eigenvalue weighted by Gasteiger charge is -2.19. The van der Waals surface area contributed by atoms with E-state index in [0.717, 1.165) is 0 Å². The molecule has 2 aliphatic rings. The Hall–Kier alpha value is -0.850. The molecule has 2 unspecified atom stereocenters. The Labute approximate surface area is 97.9 Å². The van der Waals surface area contributed by atoms with Gasteiger partial charge in [-0.25, -0.2) is 4.42 Å². The highest BCUT2D eigenvalue weighted by molar-refractivity contribution is 5.33. The van der Waals surface area contributed by atoms with Gasteiger partial charge >= 0.3 is 11.5 Å². The van der Waals surface area contributed by atoms with Crippen LogP contribution in [0.2, 0.25) is 0 Å². The van der Waals surface area contributed by atoms with E-state index in [4.69, 9.17) is 4.42 Å². The van der Waals surface area contributed by atoms with Gasteiger partial charge in [-0.15, -0.1) is 0 Å². The minimum atomic E-state index is 0.628. The van der Waals surface area contributed by atoms with Gasteiger partial charge in [0, 0.05) is 0 Å². The highest BCUT2D eigenvalue weighted by Crippen LogP contribution is 2.38. The van der Waals surface area contributed by atoms with Crippen LogP contribution in [-0.4, -0.2) is 0 Å². The summed E-state index contributed by atoms with van der Waals surface area (Å²) >= 11 is 0. The molecule has 2 aliphatic carbocycles. The monoisotopic (exact) mass is 217 g/mol. The highest BCUT2D eigenvalue weighted by Gasteiger charge is 2.34. The first-order valence-corrected chi connectivity index (χ1v) is 6.74. The van der Waals surface area contributed by atoms with E-state index in [9.17, 15) is 0 Å². The van der Waals surface area contributed by atoms with E-state index in [1.807, 2.05) is 0 Å². The Morgan fingerprint density at radius 3 is 1.94 bits per heavy atom. The molecule has 0 aromatic carbocycles. The first-order chi connectivity index (χ1) is 7.75. The second-order valence-electron chi connectivity index (χ2n) is 5.61. The Morgan fingerprint density at radius 1 is 0.938 bits per heavy atom. The summed E-state index contributed by atoms with van der Waals surface area (Å²) in [4.78, 5) is 0. The molecule has 0 saturated heterocycles. The average Bonchev–Trinajstić information content (AvgIpc) is 2.28. The Bertz CT molecular complexity index is 373. The van der Waals surface area contributed by atoms with Gasteiger partial charge in [0.15, 0.2) is 0 Å². The standard InChI is InChI=1S/C15H21O/c1-10-5-3-7-12-9-13-8-4-6-11(2)15(13)16-14(10)12/h9-11H,3-8H2,1-2H3/q+1. The Balaban J connectivity index is 2.10. The van der Waals surface area contributed by atoms with Crippen LogP contribution in [0.4, 0.5) is 0 Å². The second kappa shape index (κ2) is 3.87. The molecule has 16 heavy (non-hydrogen) atoms. The lowest BCUT2D eigenvalue weighted by molar-refractivity contribution is 0.347. The largest absolute Gasteiger partial charge is 0.335 e. The van der Waals surface area contributed by atoms with Crippen molar-refractivity contribution < 1.29 is 4.42 Å². The zero-order valence-corrected chi connectivity index (χ0v) is 10.4. The molecule has 86 valence electrons. The van der Waals surface area contributed by atoms with Crippen molar-refractivity contribution in [2.75, 3.05) is 0 Å². The van der Waals surface area contributed by atoms with Crippen LogP contribution >= 0.6 is 0 Å². The van der Waals surface area contributed by atoms with Crippen molar-refractivity contribution in [1.82, 2.24) is 0 Å².